The number of aliphatic hydroxyl groups is 1. The van der Waals surface area contributed by atoms with Crippen LogP contribution in [0.3, 0.4) is 0 Å². The molecule has 1 unspecified atom stereocenters. The third-order valence-electron chi connectivity index (χ3n) is 2.53. The first-order valence-electron chi connectivity index (χ1n) is 5.47. The van der Waals surface area contributed by atoms with Crippen molar-refractivity contribution in [2.24, 2.45) is 5.92 Å². The van der Waals surface area contributed by atoms with Crippen LogP contribution in [0.4, 0.5) is 0 Å². The summed E-state index contributed by atoms with van der Waals surface area (Å²) < 4.78 is 0. The van der Waals surface area contributed by atoms with E-state index in [0.29, 0.717) is 6.61 Å². The first-order valence-corrected chi connectivity index (χ1v) is 5.47. The van der Waals surface area contributed by atoms with Gasteiger partial charge < -0.3 is 5.11 Å². The van der Waals surface area contributed by atoms with Crippen LogP contribution in [0.2, 0.25) is 0 Å². The second-order valence-electron chi connectivity index (χ2n) is 4.01. The minimum absolute atomic E-state index is 0.331. The van der Waals surface area contributed by atoms with Gasteiger partial charge in [0.1, 0.15) is 0 Å². The van der Waals surface area contributed by atoms with E-state index < -0.39 is 0 Å². The molecule has 0 aromatic heterocycles. The van der Waals surface area contributed by atoms with Crippen molar-refractivity contribution in [1.29, 1.82) is 0 Å². The fourth-order valence-electron chi connectivity index (χ4n) is 1.72. The molecule has 1 rings (SSSR count). The quantitative estimate of drug-likeness (QED) is 0.687. The Morgan fingerprint density at radius 2 is 1.86 bits per heavy atom. The molecule has 1 atom stereocenters. The molecule has 1 N–H and O–H groups in total. The molecule has 78 valence electrons. The minimum Gasteiger partial charge on any atom is -0.396 e. The van der Waals surface area contributed by atoms with E-state index in [4.69, 9.17) is 5.11 Å². The van der Waals surface area contributed by atoms with Gasteiger partial charge in [0.2, 0.25) is 0 Å². The van der Waals surface area contributed by atoms with E-state index in [1.165, 1.54) is 12.0 Å². The molecule has 0 aliphatic carbocycles. The lowest BCUT2D eigenvalue weighted by atomic mass is 9.96. The maximum Gasteiger partial charge on any atom is 0.0431 e. The van der Waals surface area contributed by atoms with E-state index in [9.17, 15) is 0 Å². The summed E-state index contributed by atoms with van der Waals surface area (Å²) in [6, 6.07) is 10.6. The predicted octanol–water partition coefficient (Wildman–Crippen LogP) is 3.03. The molecule has 1 aromatic rings. The SMILES string of the molecule is CC(CCCCO)Cc1ccccc1. The van der Waals surface area contributed by atoms with Crippen LogP contribution in [-0.2, 0) is 6.42 Å². The van der Waals surface area contributed by atoms with E-state index in [2.05, 4.69) is 37.3 Å². The fraction of sp³-hybridized carbons (Fsp3) is 0.538. The second kappa shape index (κ2) is 6.61. The number of benzene rings is 1. The molecule has 0 aliphatic rings. The summed E-state index contributed by atoms with van der Waals surface area (Å²) in [6.45, 7) is 2.61. The molecule has 0 saturated carbocycles. The third-order valence-corrected chi connectivity index (χ3v) is 2.53. The van der Waals surface area contributed by atoms with Crippen LogP contribution in [0, 0.1) is 5.92 Å². The van der Waals surface area contributed by atoms with Crippen LogP contribution in [0.15, 0.2) is 30.3 Å². The largest absolute Gasteiger partial charge is 0.396 e. The first kappa shape index (κ1) is 11.3. The van der Waals surface area contributed by atoms with Gasteiger partial charge in [-0.15, -0.1) is 0 Å². The van der Waals surface area contributed by atoms with Gasteiger partial charge in [-0.3, -0.25) is 0 Å². The Hall–Kier alpha value is -0.820. The average molecular weight is 192 g/mol. The predicted molar refractivity (Wildman–Crippen MR) is 60.2 cm³/mol. The Kier molecular flexibility index (Phi) is 5.31. The molecule has 1 nitrogen and oxygen atoms in total. The summed E-state index contributed by atoms with van der Waals surface area (Å²) in [5, 5.41) is 8.67. The maximum absolute atomic E-state index is 8.67. The summed E-state index contributed by atoms with van der Waals surface area (Å²) in [5.41, 5.74) is 1.42. The van der Waals surface area contributed by atoms with E-state index in [-0.39, 0.29) is 0 Å². The molecular formula is C13H20O. The zero-order chi connectivity index (χ0) is 10.2. The molecule has 0 amide bonds. The third kappa shape index (κ3) is 4.43. The van der Waals surface area contributed by atoms with Gasteiger partial charge in [0.05, 0.1) is 0 Å². The zero-order valence-electron chi connectivity index (χ0n) is 8.95. The Morgan fingerprint density at radius 1 is 1.14 bits per heavy atom. The highest BCUT2D eigenvalue weighted by Crippen LogP contribution is 2.14. The number of unbranched alkanes of at least 4 members (excludes halogenated alkanes) is 1. The summed E-state index contributed by atoms with van der Waals surface area (Å²) in [6.07, 6.45) is 4.46. The molecule has 1 aromatic carbocycles. The number of rotatable bonds is 6. The van der Waals surface area contributed by atoms with E-state index in [0.717, 1.165) is 25.2 Å². The van der Waals surface area contributed by atoms with Crippen molar-refractivity contribution in [3.8, 4) is 0 Å². The molecule has 1 heteroatoms. The smallest absolute Gasteiger partial charge is 0.0431 e. The van der Waals surface area contributed by atoms with Crippen molar-refractivity contribution in [3.05, 3.63) is 35.9 Å². The molecule has 0 spiro atoms. The summed E-state index contributed by atoms with van der Waals surface area (Å²) in [7, 11) is 0. The molecule has 0 heterocycles. The molecule has 0 fully saturated rings. The van der Waals surface area contributed by atoms with Crippen molar-refractivity contribution < 1.29 is 5.11 Å². The Bertz CT molecular complexity index is 230. The van der Waals surface area contributed by atoms with Crippen LogP contribution in [0.25, 0.3) is 0 Å². The van der Waals surface area contributed by atoms with Gasteiger partial charge in [0.15, 0.2) is 0 Å². The fourth-order valence-corrected chi connectivity index (χ4v) is 1.72. The molecule has 0 radical (unpaired) electrons. The summed E-state index contributed by atoms with van der Waals surface area (Å²) in [4.78, 5) is 0. The van der Waals surface area contributed by atoms with Gasteiger partial charge in [0, 0.05) is 6.61 Å². The van der Waals surface area contributed by atoms with Crippen molar-refractivity contribution in [2.45, 2.75) is 32.6 Å². The average Bonchev–Trinajstić information content (AvgIpc) is 2.20. The van der Waals surface area contributed by atoms with Gasteiger partial charge in [-0.1, -0.05) is 50.1 Å². The molecule has 0 aliphatic heterocycles. The van der Waals surface area contributed by atoms with Crippen molar-refractivity contribution in [3.63, 3.8) is 0 Å². The van der Waals surface area contributed by atoms with Crippen molar-refractivity contribution in [1.82, 2.24) is 0 Å². The lowest BCUT2D eigenvalue weighted by molar-refractivity contribution is 0.278. The molecule has 0 bridgehead atoms. The van der Waals surface area contributed by atoms with Crippen molar-refractivity contribution >= 4 is 0 Å². The second-order valence-corrected chi connectivity index (χ2v) is 4.01. The minimum atomic E-state index is 0.331. The molecule has 14 heavy (non-hydrogen) atoms. The zero-order valence-corrected chi connectivity index (χ0v) is 8.95. The van der Waals surface area contributed by atoms with Crippen LogP contribution < -0.4 is 0 Å². The van der Waals surface area contributed by atoms with Gasteiger partial charge in [-0.2, -0.15) is 0 Å². The van der Waals surface area contributed by atoms with Gasteiger partial charge in [0.25, 0.3) is 0 Å². The highest BCUT2D eigenvalue weighted by atomic mass is 16.2. The standard InChI is InChI=1S/C13H20O/c1-12(7-5-6-10-14)11-13-8-3-2-4-9-13/h2-4,8-9,12,14H,5-7,10-11H2,1H3. The van der Waals surface area contributed by atoms with Crippen LogP contribution in [0.5, 0.6) is 0 Å². The van der Waals surface area contributed by atoms with Crippen LogP contribution in [-0.4, -0.2) is 11.7 Å². The van der Waals surface area contributed by atoms with Gasteiger partial charge in [-0.05, 0) is 24.3 Å². The molecule has 0 saturated heterocycles. The van der Waals surface area contributed by atoms with E-state index >= 15 is 0 Å². The normalized spacial score (nSPS) is 12.7. The van der Waals surface area contributed by atoms with Gasteiger partial charge >= 0.3 is 0 Å². The Balaban J connectivity index is 2.23. The summed E-state index contributed by atoms with van der Waals surface area (Å²) in [5.74, 6) is 0.726. The van der Waals surface area contributed by atoms with E-state index in [1.54, 1.807) is 0 Å². The lowest BCUT2D eigenvalue weighted by Gasteiger charge is -2.10. The maximum atomic E-state index is 8.67. The summed E-state index contributed by atoms with van der Waals surface area (Å²) >= 11 is 0. The van der Waals surface area contributed by atoms with Crippen LogP contribution in [0.1, 0.15) is 31.7 Å². The van der Waals surface area contributed by atoms with Crippen molar-refractivity contribution in [2.75, 3.05) is 6.61 Å². The van der Waals surface area contributed by atoms with Crippen LogP contribution >= 0.6 is 0 Å². The van der Waals surface area contributed by atoms with E-state index in [1.807, 2.05) is 0 Å². The Labute approximate surface area is 86.8 Å². The monoisotopic (exact) mass is 192 g/mol. The van der Waals surface area contributed by atoms with Gasteiger partial charge in [-0.25, -0.2) is 0 Å². The molecular weight excluding hydrogens is 172 g/mol. The highest BCUT2D eigenvalue weighted by molar-refractivity contribution is 5.14. The number of hydrogen-bond donors (Lipinski definition) is 1. The highest BCUT2D eigenvalue weighted by Gasteiger charge is 2.02. The first-order chi connectivity index (χ1) is 6.83. The lowest BCUT2D eigenvalue weighted by Crippen LogP contribution is -2.00. The number of aliphatic hydroxyl groups excluding tert-OH is 1. The number of hydrogen-bond acceptors (Lipinski definition) is 1. The Morgan fingerprint density at radius 3 is 2.50 bits per heavy atom. The topological polar surface area (TPSA) is 20.2 Å².